The van der Waals surface area contributed by atoms with E-state index >= 15 is 0 Å². The number of likely N-dealkylation sites (tertiary alicyclic amines) is 1. The minimum atomic E-state index is -0.470. The maximum Gasteiger partial charge on any atom is 0.343 e. The maximum atomic E-state index is 12.3. The predicted molar refractivity (Wildman–Crippen MR) is 119 cm³/mol. The molecule has 0 atom stereocenters. The summed E-state index contributed by atoms with van der Waals surface area (Å²) < 4.78 is 5.39. The number of esters is 1. The van der Waals surface area contributed by atoms with Gasteiger partial charge in [-0.3, -0.25) is 14.5 Å². The molecule has 1 aliphatic heterocycles. The van der Waals surface area contributed by atoms with E-state index in [9.17, 15) is 14.4 Å². The molecular formula is C22H24N4O4S. The zero-order valence-electron chi connectivity index (χ0n) is 17.0. The second-order valence-corrected chi connectivity index (χ2v) is 8.11. The third kappa shape index (κ3) is 6.58. The normalized spacial score (nSPS) is 13.4. The lowest BCUT2D eigenvalue weighted by Gasteiger charge is -2.13. The van der Waals surface area contributed by atoms with Crippen molar-refractivity contribution in [3.63, 3.8) is 0 Å². The Kier molecular flexibility index (Phi) is 7.66. The number of thioether (sulfide) groups is 1. The molecule has 162 valence electrons. The largest absolute Gasteiger partial charge is 0.423 e. The second kappa shape index (κ2) is 10.6. The quantitative estimate of drug-likeness (QED) is 0.117. The van der Waals surface area contributed by atoms with Gasteiger partial charge in [-0.1, -0.05) is 0 Å². The summed E-state index contributed by atoms with van der Waals surface area (Å²) in [6, 6.07) is 13.7. The van der Waals surface area contributed by atoms with E-state index in [1.165, 1.54) is 4.90 Å². The fourth-order valence-electron chi connectivity index (χ4n) is 3.03. The van der Waals surface area contributed by atoms with Gasteiger partial charge in [0.1, 0.15) is 5.75 Å². The molecule has 2 amide bonds. The molecule has 31 heavy (non-hydrogen) atoms. The molecule has 0 saturated carbocycles. The summed E-state index contributed by atoms with van der Waals surface area (Å²) >= 11 is 1.67. The molecule has 0 radical (unpaired) electrons. The van der Waals surface area contributed by atoms with Crippen molar-refractivity contribution in [2.24, 2.45) is 16.5 Å². The minimum absolute atomic E-state index is 0.0509. The van der Waals surface area contributed by atoms with Gasteiger partial charge in [-0.2, -0.15) is 0 Å². The SMILES string of the molecule is NC(N)=Nc1ccc(C(=O)Oc2ccc(SCCCCN3C(=O)CCC3=O)cc2)cc1. The molecule has 8 nitrogen and oxygen atoms in total. The highest BCUT2D eigenvalue weighted by atomic mass is 32.2. The van der Waals surface area contributed by atoms with Gasteiger partial charge in [0.2, 0.25) is 11.8 Å². The molecule has 1 fully saturated rings. The number of rotatable bonds is 9. The van der Waals surface area contributed by atoms with Gasteiger partial charge < -0.3 is 16.2 Å². The van der Waals surface area contributed by atoms with Gasteiger partial charge in [0, 0.05) is 24.3 Å². The molecular weight excluding hydrogens is 416 g/mol. The summed E-state index contributed by atoms with van der Waals surface area (Å²) in [7, 11) is 0. The number of imide groups is 1. The van der Waals surface area contributed by atoms with Gasteiger partial charge in [0.25, 0.3) is 0 Å². The molecule has 0 aromatic heterocycles. The Morgan fingerprint density at radius 3 is 2.23 bits per heavy atom. The van der Waals surface area contributed by atoms with Crippen LogP contribution in [0.1, 0.15) is 36.0 Å². The van der Waals surface area contributed by atoms with Gasteiger partial charge in [-0.25, -0.2) is 9.79 Å². The standard InChI is InChI=1S/C22H24N4O4S/c23-22(24)25-16-5-3-15(4-6-16)21(29)30-17-7-9-18(10-8-17)31-14-2-1-13-26-19(27)11-12-20(26)28/h3-10H,1-2,11-14H2,(H4,23,24,25). The highest BCUT2D eigenvalue weighted by Crippen LogP contribution is 2.24. The zero-order chi connectivity index (χ0) is 22.2. The van der Waals surface area contributed by atoms with Crippen LogP contribution in [0.3, 0.4) is 0 Å². The van der Waals surface area contributed by atoms with Crippen LogP contribution in [0.4, 0.5) is 5.69 Å². The van der Waals surface area contributed by atoms with Crippen LogP contribution in [-0.2, 0) is 9.59 Å². The first-order valence-corrected chi connectivity index (χ1v) is 10.9. The van der Waals surface area contributed by atoms with E-state index < -0.39 is 5.97 Å². The van der Waals surface area contributed by atoms with Crippen LogP contribution in [0.15, 0.2) is 58.4 Å². The lowest BCUT2D eigenvalue weighted by Crippen LogP contribution is -2.30. The van der Waals surface area contributed by atoms with E-state index in [0.717, 1.165) is 23.5 Å². The third-order valence-corrected chi connectivity index (χ3v) is 5.69. The summed E-state index contributed by atoms with van der Waals surface area (Å²) in [5, 5.41) is 0. The average Bonchev–Trinajstić information content (AvgIpc) is 3.06. The Labute approximate surface area is 184 Å². The van der Waals surface area contributed by atoms with Crippen molar-refractivity contribution in [3.8, 4) is 5.75 Å². The number of aliphatic imine (C=N–C) groups is 1. The number of nitrogens with zero attached hydrogens (tertiary/aromatic N) is 2. The highest BCUT2D eigenvalue weighted by molar-refractivity contribution is 7.99. The molecule has 9 heteroatoms. The Morgan fingerprint density at radius 1 is 0.968 bits per heavy atom. The van der Waals surface area contributed by atoms with E-state index in [4.69, 9.17) is 16.2 Å². The maximum absolute atomic E-state index is 12.3. The average molecular weight is 441 g/mol. The highest BCUT2D eigenvalue weighted by Gasteiger charge is 2.27. The number of guanidine groups is 1. The topological polar surface area (TPSA) is 128 Å². The number of nitrogens with two attached hydrogens (primary N) is 2. The summed E-state index contributed by atoms with van der Waals surface area (Å²) in [6.45, 7) is 0.500. The number of carbonyl (C=O) groups is 3. The van der Waals surface area contributed by atoms with Crippen molar-refractivity contribution in [2.45, 2.75) is 30.6 Å². The smallest absolute Gasteiger partial charge is 0.343 e. The fraction of sp³-hybridized carbons (Fsp3) is 0.273. The lowest BCUT2D eigenvalue weighted by molar-refractivity contribution is -0.138. The molecule has 1 aliphatic rings. The van der Waals surface area contributed by atoms with Crippen molar-refractivity contribution in [2.75, 3.05) is 12.3 Å². The molecule has 1 saturated heterocycles. The predicted octanol–water partition coefficient (Wildman–Crippen LogP) is 2.83. The summed E-state index contributed by atoms with van der Waals surface area (Å²) in [6.07, 6.45) is 2.37. The minimum Gasteiger partial charge on any atom is -0.423 e. The van der Waals surface area contributed by atoms with Gasteiger partial charge in [-0.05, 0) is 67.1 Å². The van der Waals surface area contributed by atoms with Crippen molar-refractivity contribution in [3.05, 3.63) is 54.1 Å². The molecule has 0 spiro atoms. The molecule has 0 aliphatic carbocycles. The van der Waals surface area contributed by atoms with Crippen molar-refractivity contribution >= 4 is 41.2 Å². The molecule has 2 aromatic carbocycles. The second-order valence-electron chi connectivity index (χ2n) is 6.94. The van der Waals surface area contributed by atoms with Gasteiger partial charge >= 0.3 is 5.97 Å². The first-order valence-electron chi connectivity index (χ1n) is 9.90. The number of carbonyl (C=O) groups excluding carboxylic acids is 3. The molecule has 2 aromatic rings. The van der Waals surface area contributed by atoms with Crippen LogP contribution < -0.4 is 16.2 Å². The number of hydrogen-bond acceptors (Lipinski definition) is 6. The number of ether oxygens (including phenoxy) is 1. The molecule has 3 rings (SSSR count). The molecule has 0 bridgehead atoms. The number of benzene rings is 2. The summed E-state index contributed by atoms with van der Waals surface area (Å²) in [5.41, 5.74) is 11.6. The Morgan fingerprint density at radius 2 is 1.61 bits per heavy atom. The zero-order valence-corrected chi connectivity index (χ0v) is 17.8. The van der Waals surface area contributed by atoms with Crippen molar-refractivity contribution < 1.29 is 19.1 Å². The Hall–Kier alpha value is -3.33. The van der Waals surface area contributed by atoms with Crippen LogP contribution in [-0.4, -0.2) is 40.9 Å². The molecule has 1 heterocycles. The van der Waals surface area contributed by atoms with Crippen LogP contribution in [0, 0.1) is 0 Å². The first-order chi connectivity index (χ1) is 14.9. The number of hydrogen-bond donors (Lipinski definition) is 2. The Bertz CT molecular complexity index is 954. The summed E-state index contributed by atoms with van der Waals surface area (Å²) in [4.78, 5) is 41.7. The van der Waals surface area contributed by atoms with Crippen LogP contribution >= 0.6 is 11.8 Å². The number of unbranched alkanes of at least 4 members (excludes halogenated alkanes) is 1. The van der Waals surface area contributed by atoms with Crippen molar-refractivity contribution in [1.82, 2.24) is 4.90 Å². The Balaban J connectivity index is 1.41. The van der Waals surface area contributed by atoms with Gasteiger partial charge in [-0.15, -0.1) is 11.8 Å². The van der Waals surface area contributed by atoms with Crippen LogP contribution in [0.5, 0.6) is 5.75 Å². The van der Waals surface area contributed by atoms with Crippen molar-refractivity contribution in [1.29, 1.82) is 0 Å². The van der Waals surface area contributed by atoms with Gasteiger partial charge in [0.15, 0.2) is 5.96 Å². The van der Waals surface area contributed by atoms with Gasteiger partial charge in [0.05, 0.1) is 11.3 Å². The lowest BCUT2D eigenvalue weighted by atomic mass is 10.2. The first kappa shape index (κ1) is 22.4. The number of amides is 2. The summed E-state index contributed by atoms with van der Waals surface area (Å²) in [5.74, 6) is 0.679. The molecule has 0 unspecified atom stereocenters. The monoisotopic (exact) mass is 440 g/mol. The third-order valence-electron chi connectivity index (χ3n) is 4.60. The van der Waals surface area contributed by atoms with Crippen LogP contribution in [0.2, 0.25) is 0 Å². The molecule has 4 N–H and O–H groups in total. The fourth-order valence-corrected chi connectivity index (χ4v) is 3.94. The van der Waals surface area contributed by atoms with Crippen LogP contribution in [0.25, 0.3) is 0 Å². The van der Waals surface area contributed by atoms with E-state index in [0.29, 0.717) is 36.4 Å². The van der Waals surface area contributed by atoms with E-state index in [1.54, 1.807) is 48.2 Å². The van der Waals surface area contributed by atoms with E-state index in [1.807, 2.05) is 12.1 Å². The van der Waals surface area contributed by atoms with E-state index in [-0.39, 0.29) is 17.8 Å². The van der Waals surface area contributed by atoms with E-state index in [2.05, 4.69) is 4.99 Å².